The Morgan fingerprint density at radius 3 is 1.97 bits per heavy atom. The number of hydrogen-bond acceptors (Lipinski definition) is 5. The maximum absolute atomic E-state index is 12.8. The number of carbonyl (C=O) groups excluding carboxylic acids is 1. The van der Waals surface area contributed by atoms with Crippen LogP contribution in [0.3, 0.4) is 0 Å². The molecular weight excluding hydrogens is 456 g/mol. The number of carbonyl (C=O) groups is 2. The summed E-state index contributed by atoms with van der Waals surface area (Å²) in [5, 5.41) is 9.58. The molecule has 1 aromatic heterocycles. The van der Waals surface area contributed by atoms with Crippen LogP contribution in [0.4, 0.5) is 4.79 Å². The molecule has 1 fully saturated rings. The monoisotopic (exact) mass is 490 g/mol. The summed E-state index contributed by atoms with van der Waals surface area (Å²) in [6, 6.07) is 23.7. The first-order valence-electron chi connectivity index (χ1n) is 12.4. The van der Waals surface area contributed by atoms with Gasteiger partial charge in [0.2, 0.25) is 0 Å². The third-order valence-electron chi connectivity index (χ3n) is 6.21. The molecule has 0 saturated carbocycles. The van der Waals surface area contributed by atoms with Crippen LogP contribution in [-0.4, -0.2) is 51.4 Å². The topological polar surface area (TPSA) is 81.0 Å². The molecule has 1 aliphatic rings. The van der Waals surface area contributed by atoms with E-state index in [4.69, 9.17) is 9.47 Å². The maximum atomic E-state index is 12.8. The van der Waals surface area contributed by atoms with E-state index in [1.54, 1.807) is 26.8 Å². The van der Waals surface area contributed by atoms with Crippen molar-refractivity contribution in [3.05, 3.63) is 95.3 Å². The van der Waals surface area contributed by atoms with Gasteiger partial charge in [0.1, 0.15) is 17.4 Å². The molecule has 2 aromatic carbocycles. The van der Waals surface area contributed by atoms with E-state index in [2.05, 4.69) is 29.2 Å². The molecule has 0 amide bonds. The Morgan fingerprint density at radius 2 is 1.47 bits per heavy atom. The quantitative estimate of drug-likeness (QED) is 0.455. The maximum Gasteiger partial charge on any atom is 0.419 e. The average molecular weight is 491 g/mol. The van der Waals surface area contributed by atoms with E-state index in [1.807, 2.05) is 36.4 Å². The number of aromatic nitrogens is 1. The van der Waals surface area contributed by atoms with Crippen LogP contribution in [0.1, 0.15) is 67.0 Å². The van der Waals surface area contributed by atoms with Gasteiger partial charge < -0.3 is 14.6 Å². The van der Waals surface area contributed by atoms with Crippen LogP contribution >= 0.6 is 0 Å². The van der Waals surface area contributed by atoms with Crippen molar-refractivity contribution in [1.82, 2.24) is 9.47 Å². The first-order valence-corrected chi connectivity index (χ1v) is 12.4. The number of carboxylic acids is 1. The molecule has 0 radical (unpaired) electrons. The minimum atomic E-state index is -1.16. The molecule has 2 heterocycles. The summed E-state index contributed by atoms with van der Waals surface area (Å²) in [7, 11) is 0. The van der Waals surface area contributed by atoms with Crippen LogP contribution in [0.5, 0.6) is 0 Å². The molecule has 0 spiro atoms. The van der Waals surface area contributed by atoms with E-state index in [9.17, 15) is 14.7 Å². The highest BCUT2D eigenvalue weighted by atomic mass is 16.6. The fourth-order valence-corrected chi connectivity index (χ4v) is 4.52. The van der Waals surface area contributed by atoms with Crippen LogP contribution < -0.4 is 0 Å². The van der Waals surface area contributed by atoms with Crippen molar-refractivity contribution in [2.45, 2.75) is 58.0 Å². The number of piperidine rings is 1. The summed E-state index contributed by atoms with van der Waals surface area (Å²) in [6.07, 6.45) is 0.974. The van der Waals surface area contributed by atoms with E-state index in [0.717, 1.165) is 37.1 Å². The van der Waals surface area contributed by atoms with Gasteiger partial charge >= 0.3 is 12.1 Å². The van der Waals surface area contributed by atoms with E-state index >= 15 is 0 Å². The molecule has 1 N–H and O–H groups in total. The molecule has 7 nitrogen and oxygen atoms in total. The lowest BCUT2D eigenvalue weighted by molar-refractivity contribution is -0.0284. The van der Waals surface area contributed by atoms with Gasteiger partial charge in [0.15, 0.2) is 0 Å². The second-order valence-electron chi connectivity index (χ2n) is 10.1. The Morgan fingerprint density at radius 1 is 0.917 bits per heavy atom. The largest absolute Gasteiger partial charge is 0.477 e. The highest BCUT2D eigenvalue weighted by Gasteiger charge is 2.28. The molecule has 3 aromatic rings. The van der Waals surface area contributed by atoms with Crippen LogP contribution in [0.25, 0.3) is 0 Å². The third-order valence-corrected chi connectivity index (χ3v) is 6.21. The van der Waals surface area contributed by atoms with Crippen molar-refractivity contribution in [2.75, 3.05) is 13.1 Å². The number of hydrogen-bond donors (Lipinski definition) is 1. The van der Waals surface area contributed by atoms with Crippen LogP contribution in [0.2, 0.25) is 0 Å². The Kier molecular flexibility index (Phi) is 7.91. The summed E-state index contributed by atoms with van der Waals surface area (Å²) in [6.45, 7) is 7.30. The summed E-state index contributed by atoms with van der Waals surface area (Å²) in [5.74, 6) is -1.16. The van der Waals surface area contributed by atoms with Crippen molar-refractivity contribution < 1.29 is 24.2 Å². The third kappa shape index (κ3) is 6.42. The van der Waals surface area contributed by atoms with Gasteiger partial charge in [-0.05, 0) is 56.9 Å². The van der Waals surface area contributed by atoms with Crippen molar-refractivity contribution >= 4 is 12.1 Å². The van der Waals surface area contributed by atoms with Crippen molar-refractivity contribution in [1.29, 1.82) is 0 Å². The Hall–Kier alpha value is -3.42. The van der Waals surface area contributed by atoms with E-state index in [1.165, 1.54) is 10.6 Å². The van der Waals surface area contributed by atoms with Gasteiger partial charge in [0, 0.05) is 25.3 Å². The molecule has 0 bridgehead atoms. The number of likely N-dealkylation sites (tertiary alicyclic amines) is 1. The predicted molar refractivity (Wildman–Crippen MR) is 137 cm³/mol. The summed E-state index contributed by atoms with van der Waals surface area (Å²) >= 11 is 0. The number of carboxylic acid groups (broad SMARTS) is 1. The first kappa shape index (κ1) is 25.7. The lowest BCUT2D eigenvalue weighted by Crippen LogP contribution is -2.38. The van der Waals surface area contributed by atoms with E-state index < -0.39 is 17.7 Å². The molecule has 190 valence electrons. The second-order valence-corrected chi connectivity index (χ2v) is 10.1. The van der Waals surface area contributed by atoms with Crippen LogP contribution in [-0.2, 0) is 16.0 Å². The van der Waals surface area contributed by atoms with E-state index in [-0.39, 0.29) is 17.9 Å². The van der Waals surface area contributed by atoms with Gasteiger partial charge in [-0.25, -0.2) is 14.2 Å². The van der Waals surface area contributed by atoms with Crippen molar-refractivity contribution in [2.24, 2.45) is 0 Å². The molecule has 36 heavy (non-hydrogen) atoms. The summed E-state index contributed by atoms with van der Waals surface area (Å²) < 4.78 is 13.3. The predicted octanol–water partition coefficient (Wildman–Crippen LogP) is 5.74. The highest BCUT2D eigenvalue weighted by molar-refractivity contribution is 5.91. The molecule has 1 saturated heterocycles. The zero-order chi connectivity index (χ0) is 25.7. The SMILES string of the molecule is CC(C)(C)OC(=O)n1c(CN2CCC(OC(c3ccccc3)c3ccccc3)CC2)ccc1C(=O)O. The first-order chi connectivity index (χ1) is 17.2. The zero-order valence-corrected chi connectivity index (χ0v) is 21.1. The van der Waals surface area contributed by atoms with Gasteiger partial charge in [-0.2, -0.15) is 0 Å². The molecule has 0 atom stereocenters. The minimum absolute atomic E-state index is 0.0916. The lowest BCUT2D eigenvalue weighted by Gasteiger charge is -2.34. The van der Waals surface area contributed by atoms with Crippen LogP contribution in [0.15, 0.2) is 72.8 Å². The summed E-state index contributed by atoms with van der Waals surface area (Å²) in [4.78, 5) is 26.7. The smallest absolute Gasteiger partial charge is 0.419 e. The van der Waals surface area contributed by atoms with Crippen LogP contribution in [0, 0.1) is 0 Å². The number of nitrogens with zero attached hydrogens (tertiary/aromatic N) is 2. The van der Waals surface area contributed by atoms with Crippen molar-refractivity contribution in [3.8, 4) is 0 Å². The minimum Gasteiger partial charge on any atom is -0.477 e. The molecule has 4 rings (SSSR count). The van der Waals surface area contributed by atoms with Gasteiger partial charge in [0.25, 0.3) is 0 Å². The standard InChI is InChI=1S/C29H34N2O5/c1-29(2,3)36-28(34)31-23(14-15-25(31)27(32)33)20-30-18-16-24(17-19-30)35-26(21-10-6-4-7-11-21)22-12-8-5-9-13-22/h4-15,24,26H,16-20H2,1-3H3,(H,32,33). The summed E-state index contributed by atoms with van der Waals surface area (Å²) in [5.41, 5.74) is 2.04. The lowest BCUT2D eigenvalue weighted by atomic mass is 10.00. The van der Waals surface area contributed by atoms with Gasteiger partial charge in [-0.3, -0.25) is 4.90 Å². The van der Waals surface area contributed by atoms with Crippen molar-refractivity contribution in [3.63, 3.8) is 0 Å². The number of aromatic carboxylic acids is 1. The number of benzene rings is 2. The number of rotatable bonds is 7. The zero-order valence-electron chi connectivity index (χ0n) is 21.1. The molecular formula is C29H34N2O5. The Labute approximate surface area is 212 Å². The van der Waals surface area contributed by atoms with E-state index in [0.29, 0.717) is 12.2 Å². The normalized spacial score (nSPS) is 15.2. The van der Waals surface area contributed by atoms with Gasteiger partial charge in [0.05, 0.1) is 6.10 Å². The average Bonchev–Trinajstić information content (AvgIpc) is 3.28. The van der Waals surface area contributed by atoms with Gasteiger partial charge in [-0.15, -0.1) is 0 Å². The molecule has 7 heteroatoms. The highest BCUT2D eigenvalue weighted by Crippen LogP contribution is 2.30. The fourth-order valence-electron chi connectivity index (χ4n) is 4.52. The Balaban J connectivity index is 1.43. The molecule has 0 aliphatic carbocycles. The Bertz CT molecular complexity index is 1120. The fraction of sp³-hybridized carbons (Fsp3) is 0.379. The van der Waals surface area contributed by atoms with Gasteiger partial charge in [-0.1, -0.05) is 60.7 Å². The molecule has 0 unspecified atom stereocenters. The molecule has 1 aliphatic heterocycles. The second kappa shape index (κ2) is 11.1. The number of ether oxygens (including phenoxy) is 2.